The van der Waals surface area contributed by atoms with E-state index in [0.29, 0.717) is 6.42 Å². The number of nitrogens with one attached hydrogen (secondary N) is 1. The molecule has 0 spiro atoms. The quantitative estimate of drug-likeness (QED) is 0.679. The van der Waals surface area contributed by atoms with Crippen LogP contribution in [0.15, 0.2) is 42.5 Å². The van der Waals surface area contributed by atoms with Gasteiger partial charge < -0.3 is 19.9 Å². The van der Waals surface area contributed by atoms with Crippen molar-refractivity contribution in [1.29, 1.82) is 0 Å². The molecule has 0 saturated carbocycles. The Morgan fingerprint density at radius 3 is 2.58 bits per heavy atom. The molecule has 0 unspecified atom stereocenters. The van der Waals surface area contributed by atoms with E-state index in [0.717, 1.165) is 45.2 Å². The van der Waals surface area contributed by atoms with Gasteiger partial charge in [0.15, 0.2) is 0 Å². The molecule has 3 aromatic rings. The Hall–Kier alpha value is -2.30. The van der Waals surface area contributed by atoms with Gasteiger partial charge in [0.05, 0.1) is 20.3 Å². The standard InChI is InChI=1S/C20H23NO3/c1-21-10-9-18(22)16-11-13-5-4-6-19(24-3)20(13)17-12-14(23-2)7-8-15(16)17/h4-8,11-12,18,21-22H,9-10H2,1-3H3/t18-/m0/s1. The molecule has 4 heteroatoms. The summed E-state index contributed by atoms with van der Waals surface area (Å²) >= 11 is 0. The highest BCUT2D eigenvalue weighted by Crippen LogP contribution is 2.39. The molecule has 0 amide bonds. The molecule has 0 bridgehead atoms. The van der Waals surface area contributed by atoms with Crippen molar-refractivity contribution in [2.24, 2.45) is 0 Å². The fourth-order valence-electron chi connectivity index (χ4n) is 3.19. The third kappa shape index (κ3) is 2.90. The van der Waals surface area contributed by atoms with Crippen molar-refractivity contribution in [3.05, 3.63) is 48.0 Å². The molecular weight excluding hydrogens is 302 g/mol. The molecule has 0 radical (unpaired) electrons. The largest absolute Gasteiger partial charge is 0.497 e. The van der Waals surface area contributed by atoms with Gasteiger partial charge >= 0.3 is 0 Å². The van der Waals surface area contributed by atoms with Gasteiger partial charge in [0.2, 0.25) is 0 Å². The predicted octanol–water partition coefficient (Wildman–Crippen LogP) is 3.65. The Labute approximate surface area is 142 Å². The predicted molar refractivity (Wildman–Crippen MR) is 98.1 cm³/mol. The zero-order valence-corrected chi connectivity index (χ0v) is 14.3. The van der Waals surface area contributed by atoms with Crippen molar-refractivity contribution >= 4 is 21.5 Å². The molecule has 0 heterocycles. The Morgan fingerprint density at radius 1 is 1.04 bits per heavy atom. The maximum atomic E-state index is 10.7. The summed E-state index contributed by atoms with van der Waals surface area (Å²) in [5, 5.41) is 17.9. The maximum absolute atomic E-state index is 10.7. The van der Waals surface area contributed by atoms with E-state index in [-0.39, 0.29) is 0 Å². The molecule has 1 atom stereocenters. The smallest absolute Gasteiger partial charge is 0.127 e. The van der Waals surface area contributed by atoms with Gasteiger partial charge in [-0.1, -0.05) is 18.2 Å². The molecular formula is C20H23NO3. The summed E-state index contributed by atoms with van der Waals surface area (Å²) in [6.07, 6.45) is 0.136. The number of methoxy groups -OCH3 is 2. The highest BCUT2D eigenvalue weighted by atomic mass is 16.5. The number of benzene rings is 3. The summed E-state index contributed by atoms with van der Waals surface area (Å²) in [5.74, 6) is 1.61. The third-order valence-electron chi connectivity index (χ3n) is 4.42. The first-order chi connectivity index (χ1) is 11.7. The number of aliphatic hydroxyl groups is 1. The average Bonchev–Trinajstić information content (AvgIpc) is 2.64. The highest BCUT2D eigenvalue weighted by molar-refractivity contribution is 6.12. The van der Waals surface area contributed by atoms with Crippen molar-refractivity contribution in [2.75, 3.05) is 27.8 Å². The van der Waals surface area contributed by atoms with Crippen LogP contribution in [0, 0.1) is 0 Å². The Balaban J connectivity index is 2.32. The Morgan fingerprint density at radius 2 is 1.88 bits per heavy atom. The molecule has 0 aliphatic rings. The lowest BCUT2D eigenvalue weighted by Gasteiger charge is -2.17. The van der Waals surface area contributed by atoms with Gasteiger partial charge in [0, 0.05) is 5.39 Å². The van der Waals surface area contributed by atoms with E-state index in [9.17, 15) is 5.11 Å². The van der Waals surface area contributed by atoms with Crippen LogP contribution in [0.3, 0.4) is 0 Å². The first-order valence-corrected chi connectivity index (χ1v) is 8.09. The number of aliphatic hydroxyl groups excluding tert-OH is 1. The van der Waals surface area contributed by atoms with Gasteiger partial charge in [-0.15, -0.1) is 0 Å². The zero-order chi connectivity index (χ0) is 17.1. The van der Waals surface area contributed by atoms with Crippen LogP contribution in [-0.4, -0.2) is 32.9 Å². The van der Waals surface area contributed by atoms with Gasteiger partial charge in [-0.05, 0) is 66.0 Å². The van der Waals surface area contributed by atoms with Crippen molar-refractivity contribution in [2.45, 2.75) is 12.5 Å². The molecule has 3 rings (SSSR count). The van der Waals surface area contributed by atoms with E-state index in [1.54, 1.807) is 14.2 Å². The first kappa shape index (κ1) is 16.6. The van der Waals surface area contributed by atoms with Gasteiger partial charge in [0.1, 0.15) is 11.5 Å². The van der Waals surface area contributed by atoms with Crippen LogP contribution in [0.2, 0.25) is 0 Å². The molecule has 0 saturated heterocycles. The summed E-state index contributed by atoms with van der Waals surface area (Å²) in [4.78, 5) is 0. The second kappa shape index (κ2) is 7.07. The van der Waals surface area contributed by atoms with Gasteiger partial charge in [-0.3, -0.25) is 0 Å². The van der Waals surface area contributed by atoms with E-state index in [4.69, 9.17) is 9.47 Å². The number of ether oxygens (including phenoxy) is 2. The monoisotopic (exact) mass is 325 g/mol. The molecule has 24 heavy (non-hydrogen) atoms. The molecule has 4 nitrogen and oxygen atoms in total. The van der Waals surface area contributed by atoms with Gasteiger partial charge in [-0.2, -0.15) is 0 Å². The lowest BCUT2D eigenvalue weighted by atomic mass is 9.93. The van der Waals surface area contributed by atoms with E-state index in [2.05, 4.69) is 11.4 Å². The summed E-state index contributed by atoms with van der Waals surface area (Å²) in [6, 6.07) is 14.0. The summed E-state index contributed by atoms with van der Waals surface area (Å²) < 4.78 is 11.0. The minimum absolute atomic E-state index is 0.524. The summed E-state index contributed by atoms with van der Waals surface area (Å²) in [5.41, 5.74) is 0.934. The molecule has 0 aromatic heterocycles. The van der Waals surface area contributed by atoms with Gasteiger partial charge in [-0.25, -0.2) is 0 Å². The normalized spacial score (nSPS) is 12.5. The van der Waals surface area contributed by atoms with Crippen LogP contribution < -0.4 is 14.8 Å². The van der Waals surface area contributed by atoms with Crippen LogP contribution in [0.4, 0.5) is 0 Å². The maximum Gasteiger partial charge on any atom is 0.127 e. The second-order valence-electron chi connectivity index (χ2n) is 5.84. The molecule has 0 aliphatic heterocycles. The van der Waals surface area contributed by atoms with Crippen molar-refractivity contribution in [3.63, 3.8) is 0 Å². The van der Waals surface area contributed by atoms with Crippen molar-refractivity contribution in [1.82, 2.24) is 5.32 Å². The number of hydrogen-bond donors (Lipinski definition) is 2. The first-order valence-electron chi connectivity index (χ1n) is 8.09. The fraction of sp³-hybridized carbons (Fsp3) is 0.300. The van der Waals surface area contributed by atoms with Crippen molar-refractivity contribution < 1.29 is 14.6 Å². The topological polar surface area (TPSA) is 50.7 Å². The zero-order valence-electron chi connectivity index (χ0n) is 14.3. The fourth-order valence-corrected chi connectivity index (χ4v) is 3.19. The average molecular weight is 325 g/mol. The minimum atomic E-state index is -0.524. The van der Waals surface area contributed by atoms with E-state index < -0.39 is 6.10 Å². The van der Waals surface area contributed by atoms with E-state index in [1.807, 2.05) is 43.4 Å². The van der Waals surface area contributed by atoms with Crippen LogP contribution in [0.5, 0.6) is 11.5 Å². The Bertz CT molecular complexity index is 860. The SMILES string of the molecule is CNCC[C@H](O)c1cc2cccc(OC)c2c2cc(OC)ccc12. The number of rotatable bonds is 6. The number of hydrogen-bond acceptors (Lipinski definition) is 4. The molecule has 0 fully saturated rings. The van der Waals surface area contributed by atoms with E-state index >= 15 is 0 Å². The Kier molecular flexibility index (Phi) is 4.88. The highest BCUT2D eigenvalue weighted by Gasteiger charge is 2.16. The van der Waals surface area contributed by atoms with Crippen LogP contribution >= 0.6 is 0 Å². The molecule has 126 valence electrons. The van der Waals surface area contributed by atoms with Crippen LogP contribution in [0.25, 0.3) is 21.5 Å². The van der Waals surface area contributed by atoms with Gasteiger partial charge in [0.25, 0.3) is 0 Å². The van der Waals surface area contributed by atoms with Crippen LogP contribution in [0.1, 0.15) is 18.1 Å². The molecule has 2 N–H and O–H groups in total. The summed E-state index contributed by atoms with van der Waals surface area (Å²) in [6.45, 7) is 0.759. The number of fused-ring (bicyclic) bond motifs is 3. The molecule has 0 aliphatic carbocycles. The summed E-state index contributed by atoms with van der Waals surface area (Å²) in [7, 11) is 5.23. The lowest BCUT2D eigenvalue weighted by Crippen LogP contribution is -2.12. The van der Waals surface area contributed by atoms with Crippen LogP contribution in [-0.2, 0) is 0 Å². The van der Waals surface area contributed by atoms with E-state index in [1.165, 1.54) is 0 Å². The lowest BCUT2D eigenvalue weighted by molar-refractivity contribution is 0.169. The minimum Gasteiger partial charge on any atom is -0.497 e. The third-order valence-corrected chi connectivity index (χ3v) is 4.42. The van der Waals surface area contributed by atoms with Crippen molar-refractivity contribution in [3.8, 4) is 11.5 Å². The second-order valence-corrected chi connectivity index (χ2v) is 5.84. The molecule has 3 aromatic carbocycles.